The highest BCUT2D eigenvalue weighted by Gasteiger charge is 2.15. The Morgan fingerprint density at radius 3 is 2.65 bits per heavy atom. The molecule has 0 saturated carbocycles. The standard InChI is InChI=1S/C18H16BrNO3/c1-3-12(2)22-18(21)14(11-20)10-16-8-9-17(23-16)13-4-6-15(19)7-5-13/h4-10,12H,3H2,1-2H3. The van der Waals surface area contributed by atoms with E-state index in [4.69, 9.17) is 14.4 Å². The number of hydrogen-bond donors (Lipinski definition) is 0. The number of hydrogen-bond acceptors (Lipinski definition) is 4. The molecular weight excluding hydrogens is 358 g/mol. The van der Waals surface area contributed by atoms with Crippen molar-refractivity contribution in [3.8, 4) is 17.4 Å². The van der Waals surface area contributed by atoms with Crippen molar-refractivity contribution in [1.29, 1.82) is 5.26 Å². The van der Waals surface area contributed by atoms with Gasteiger partial charge in [0.15, 0.2) is 0 Å². The smallest absolute Gasteiger partial charge is 0.349 e. The second-order valence-corrected chi connectivity index (χ2v) is 5.92. The van der Waals surface area contributed by atoms with Crippen LogP contribution in [-0.2, 0) is 9.53 Å². The zero-order chi connectivity index (χ0) is 16.8. The van der Waals surface area contributed by atoms with Gasteiger partial charge in [0, 0.05) is 16.1 Å². The van der Waals surface area contributed by atoms with E-state index >= 15 is 0 Å². The Hall–Kier alpha value is -2.32. The van der Waals surface area contributed by atoms with Gasteiger partial charge in [0.05, 0.1) is 6.10 Å². The molecule has 5 heteroatoms. The van der Waals surface area contributed by atoms with Crippen LogP contribution >= 0.6 is 15.9 Å². The van der Waals surface area contributed by atoms with Crippen molar-refractivity contribution in [1.82, 2.24) is 0 Å². The number of furan rings is 1. The number of esters is 1. The van der Waals surface area contributed by atoms with Gasteiger partial charge in [0.25, 0.3) is 0 Å². The van der Waals surface area contributed by atoms with Crippen molar-refractivity contribution in [2.45, 2.75) is 26.4 Å². The Bertz CT molecular complexity index is 753. The van der Waals surface area contributed by atoms with Crippen LogP contribution in [-0.4, -0.2) is 12.1 Å². The van der Waals surface area contributed by atoms with Gasteiger partial charge in [-0.3, -0.25) is 0 Å². The second-order valence-electron chi connectivity index (χ2n) is 5.00. The summed E-state index contributed by atoms with van der Waals surface area (Å²) in [6, 6.07) is 13.0. The largest absolute Gasteiger partial charge is 0.459 e. The van der Waals surface area contributed by atoms with E-state index in [2.05, 4.69) is 15.9 Å². The average molecular weight is 374 g/mol. The third-order valence-corrected chi connectivity index (χ3v) is 3.79. The number of nitriles is 1. The maximum absolute atomic E-state index is 11.9. The minimum absolute atomic E-state index is 0.0815. The van der Waals surface area contributed by atoms with E-state index < -0.39 is 5.97 Å². The summed E-state index contributed by atoms with van der Waals surface area (Å²) >= 11 is 3.38. The number of rotatable bonds is 5. The molecule has 4 nitrogen and oxygen atoms in total. The average Bonchev–Trinajstić information content (AvgIpc) is 3.01. The third kappa shape index (κ3) is 4.57. The van der Waals surface area contributed by atoms with E-state index in [-0.39, 0.29) is 11.7 Å². The monoisotopic (exact) mass is 373 g/mol. The van der Waals surface area contributed by atoms with Crippen LogP contribution < -0.4 is 0 Å². The van der Waals surface area contributed by atoms with Crippen LogP contribution in [0, 0.1) is 11.3 Å². The highest BCUT2D eigenvalue weighted by molar-refractivity contribution is 9.10. The summed E-state index contributed by atoms with van der Waals surface area (Å²) in [6.07, 6.45) is 1.86. The molecule has 0 radical (unpaired) electrons. The molecule has 1 aromatic heterocycles. The predicted octanol–water partition coefficient (Wildman–Crippen LogP) is 4.96. The van der Waals surface area contributed by atoms with E-state index in [1.165, 1.54) is 6.08 Å². The molecule has 1 atom stereocenters. The molecule has 0 amide bonds. The lowest BCUT2D eigenvalue weighted by Crippen LogP contribution is -2.15. The molecule has 1 unspecified atom stereocenters. The zero-order valence-electron chi connectivity index (χ0n) is 12.9. The quantitative estimate of drug-likeness (QED) is 0.422. The number of ether oxygens (including phenoxy) is 1. The van der Waals surface area contributed by atoms with E-state index in [1.807, 2.05) is 37.3 Å². The Balaban J connectivity index is 2.20. The van der Waals surface area contributed by atoms with Crippen LogP contribution in [0.4, 0.5) is 0 Å². The molecule has 2 rings (SSSR count). The van der Waals surface area contributed by atoms with E-state index in [0.29, 0.717) is 17.9 Å². The lowest BCUT2D eigenvalue weighted by atomic mass is 10.2. The highest BCUT2D eigenvalue weighted by Crippen LogP contribution is 2.25. The minimum Gasteiger partial charge on any atom is -0.459 e. The fourth-order valence-corrected chi connectivity index (χ4v) is 2.07. The molecule has 0 spiro atoms. The van der Waals surface area contributed by atoms with Crippen molar-refractivity contribution in [2.24, 2.45) is 0 Å². The molecular formula is C18H16BrNO3. The van der Waals surface area contributed by atoms with Gasteiger partial charge in [0.1, 0.15) is 23.2 Å². The maximum Gasteiger partial charge on any atom is 0.349 e. The van der Waals surface area contributed by atoms with Gasteiger partial charge in [0.2, 0.25) is 0 Å². The lowest BCUT2D eigenvalue weighted by molar-refractivity contribution is -0.142. The van der Waals surface area contributed by atoms with E-state index in [0.717, 1.165) is 10.0 Å². The van der Waals surface area contributed by atoms with Crippen LogP contribution in [0.15, 0.2) is 50.9 Å². The number of nitrogens with zero attached hydrogens (tertiary/aromatic N) is 1. The fourth-order valence-electron chi connectivity index (χ4n) is 1.81. The minimum atomic E-state index is -0.636. The number of benzene rings is 1. The first kappa shape index (κ1) is 17.0. The van der Waals surface area contributed by atoms with Gasteiger partial charge in [-0.25, -0.2) is 4.79 Å². The topological polar surface area (TPSA) is 63.2 Å². The number of carbonyl (C=O) groups is 1. The van der Waals surface area contributed by atoms with Crippen molar-refractivity contribution >= 4 is 28.0 Å². The summed E-state index contributed by atoms with van der Waals surface area (Å²) in [6.45, 7) is 3.69. The molecule has 1 aromatic carbocycles. The molecule has 0 fully saturated rings. The summed E-state index contributed by atoms with van der Waals surface area (Å²) in [5.41, 5.74) is 0.829. The molecule has 0 aliphatic heterocycles. The van der Waals surface area contributed by atoms with Crippen LogP contribution in [0.5, 0.6) is 0 Å². The Labute approximate surface area is 143 Å². The molecule has 0 aliphatic rings. The Morgan fingerprint density at radius 2 is 2.04 bits per heavy atom. The Kier molecular flexibility index (Phi) is 5.78. The van der Waals surface area contributed by atoms with Gasteiger partial charge in [-0.2, -0.15) is 5.26 Å². The lowest BCUT2D eigenvalue weighted by Gasteiger charge is -2.09. The number of carbonyl (C=O) groups excluding carboxylic acids is 1. The third-order valence-electron chi connectivity index (χ3n) is 3.27. The number of halogens is 1. The van der Waals surface area contributed by atoms with Gasteiger partial charge < -0.3 is 9.15 Å². The predicted molar refractivity (Wildman–Crippen MR) is 91.3 cm³/mol. The van der Waals surface area contributed by atoms with Gasteiger partial charge in [-0.1, -0.05) is 35.0 Å². The summed E-state index contributed by atoms with van der Waals surface area (Å²) in [5.74, 6) is 0.459. The molecule has 0 aliphatic carbocycles. The molecule has 23 heavy (non-hydrogen) atoms. The first-order valence-corrected chi connectivity index (χ1v) is 8.01. The normalized spacial score (nSPS) is 12.5. The van der Waals surface area contributed by atoms with Gasteiger partial charge in [-0.15, -0.1) is 0 Å². The maximum atomic E-state index is 11.9. The molecule has 0 bridgehead atoms. The molecule has 118 valence electrons. The van der Waals surface area contributed by atoms with E-state index in [1.54, 1.807) is 19.1 Å². The molecule has 0 saturated heterocycles. The van der Waals surface area contributed by atoms with Crippen molar-refractivity contribution in [2.75, 3.05) is 0 Å². The fraction of sp³-hybridized carbons (Fsp3) is 0.222. The van der Waals surface area contributed by atoms with Crippen molar-refractivity contribution in [3.63, 3.8) is 0 Å². The Morgan fingerprint density at radius 1 is 1.35 bits per heavy atom. The summed E-state index contributed by atoms with van der Waals surface area (Å²) < 4.78 is 11.8. The molecule has 2 aromatic rings. The van der Waals surface area contributed by atoms with Gasteiger partial charge in [-0.05, 0) is 37.6 Å². The first-order chi connectivity index (χ1) is 11.0. The van der Waals surface area contributed by atoms with Gasteiger partial charge >= 0.3 is 5.97 Å². The SMILES string of the molecule is CCC(C)OC(=O)C(C#N)=Cc1ccc(-c2ccc(Br)cc2)o1. The van der Waals surface area contributed by atoms with Crippen LogP contribution in [0.3, 0.4) is 0 Å². The summed E-state index contributed by atoms with van der Waals surface area (Å²) in [4.78, 5) is 11.9. The van der Waals surface area contributed by atoms with Crippen LogP contribution in [0.1, 0.15) is 26.0 Å². The zero-order valence-corrected chi connectivity index (χ0v) is 14.5. The second kappa shape index (κ2) is 7.80. The molecule has 0 N–H and O–H groups in total. The highest BCUT2D eigenvalue weighted by atomic mass is 79.9. The van der Waals surface area contributed by atoms with Crippen LogP contribution in [0.2, 0.25) is 0 Å². The van der Waals surface area contributed by atoms with Crippen LogP contribution in [0.25, 0.3) is 17.4 Å². The summed E-state index contributed by atoms with van der Waals surface area (Å²) in [5, 5.41) is 9.13. The molecule has 1 heterocycles. The van der Waals surface area contributed by atoms with Crippen molar-refractivity contribution < 1.29 is 13.9 Å². The summed E-state index contributed by atoms with van der Waals surface area (Å²) in [7, 11) is 0. The van der Waals surface area contributed by atoms with Crippen molar-refractivity contribution in [3.05, 3.63) is 52.2 Å². The van der Waals surface area contributed by atoms with E-state index in [9.17, 15) is 4.79 Å². The first-order valence-electron chi connectivity index (χ1n) is 7.22.